The van der Waals surface area contributed by atoms with Gasteiger partial charge < -0.3 is 4.40 Å². The monoisotopic (exact) mass is 483 g/mol. The molecule has 4 saturated carbocycles. The van der Waals surface area contributed by atoms with Gasteiger partial charge in [0.15, 0.2) is 6.20 Å². The number of aromatic nitrogens is 2. The number of rotatable bonds is 1. The maximum absolute atomic E-state index is 2.65. The average Bonchev–Trinajstić information content (AvgIpc) is 3.17. The van der Waals surface area contributed by atoms with Crippen LogP contribution in [0.25, 0.3) is 49.0 Å². The van der Waals surface area contributed by atoms with E-state index >= 15 is 0 Å². The van der Waals surface area contributed by atoms with Crippen LogP contribution in [0.1, 0.15) is 60.8 Å². The third kappa shape index (κ3) is 2.50. The summed E-state index contributed by atoms with van der Waals surface area (Å²) in [6.07, 6.45) is 11.0. The zero-order chi connectivity index (χ0) is 24.8. The Labute approximate surface area is 218 Å². The molecule has 0 atom stereocenters. The Hall–Kier alpha value is -3.13. The molecular formula is C35H35N2+. The predicted octanol–water partition coefficient (Wildman–Crippen LogP) is 8.21. The SMILES string of the molecule is Cc1ccc2c3cc(C)c(C)c4c3n(c2c1)c1cc(C23CC5CC(CC(C5)C2)C3)cc2cc[n+](C)c4c21. The van der Waals surface area contributed by atoms with E-state index in [2.05, 4.69) is 85.4 Å². The second kappa shape index (κ2) is 6.65. The van der Waals surface area contributed by atoms with E-state index in [0.717, 1.165) is 17.8 Å². The van der Waals surface area contributed by atoms with Crippen LogP contribution in [0.2, 0.25) is 0 Å². The minimum Gasteiger partial charge on any atom is -0.307 e. The first-order chi connectivity index (χ1) is 17.9. The summed E-state index contributed by atoms with van der Waals surface area (Å²) < 4.78 is 5.03. The number of nitrogens with zero attached hydrogens (tertiary/aromatic N) is 2. The molecule has 4 bridgehead atoms. The van der Waals surface area contributed by atoms with E-state index in [4.69, 9.17) is 0 Å². The lowest BCUT2D eigenvalue weighted by Gasteiger charge is -2.57. The summed E-state index contributed by atoms with van der Waals surface area (Å²) in [6, 6.07) is 17.2. The Bertz CT molecular complexity index is 1920. The van der Waals surface area contributed by atoms with Gasteiger partial charge in [-0.1, -0.05) is 12.1 Å². The molecule has 0 spiro atoms. The number of hydrogen-bond donors (Lipinski definition) is 0. The number of aryl methyl sites for hydroxylation is 4. The highest BCUT2D eigenvalue weighted by atomic mass is 15.0. The normalized spacial score (nSPS) is 27.2. The summed E-state index contributed by atoms with van der Waals surface area (Å²) in [6.45, 7) is 6.85. The van der Waals surface area contributed by atoms with Crippen molar-refractivity contribution in [2.24, 2.45) is 24.8 Å². The highest BCUT2D eigenvalue weighted by Gasteiger charge is 2.51. The Kier molecular flexibility index (Phi) is 3.75. The highest BCUT2D eigenvalue weighted by molar-refractivity contribution is 6.26. The van der Waals surface area contributed by atoms with Crippen molar-refractivity contribution in [2.75, 3.05) is 0 Å². The summed E-state index contributed by atoms with van der Waals surface area (Å²) >= 11 is 0. The fraction of sp³-hybridized carbons (Fsp3) is 0.400. The van der Waals surface area contributed by atoms with E-state index in [9.17, 15) is 0 Å². The lowest BCUT2D eigenvalue weighted by Crippen LogP contribution is -2.48. The largest absolute Gasteiger partial charge is 0.307 e. The van der Waals surface area contributed by atoms with Gasteiger partial charge in [0.1, 0.15) is 7.05 Å². The molecule has 3 aromatic carbocycles. The molecule has 0 aliphatic heterocycles. The molecule has 4 aliphatic rings. The van der Waals surface area contributed by atoms with Gasteiger partial charge in [-0.3, -0.25) is 0 Å². The molecule has 0 amide bonds. The molecule has 0 unspecified atom stereocenters. The topological polar surface area (TPSA) is 8.29 Å². The van der Waals surface area contributed by atoms with Crippen LogP contribution in [0.3, 0.4) is 0 Å². The van der Waals surface area contributed by atoms with E-state index in [1.807, 2.05) is 0 Å². The van der Waals surface area contributed by atoms with E-state index in [-0.39, 0.29) is 0 Å². The van der Waals surface area contributed by atoms with Crippen LogP contribution in [0.15, 0.2) is 48.7 Å². The zero-order valence-corrected chi connectivity index (χ0v) is 22.5. The van der Waals surface area contributed by atoms with Crippen molar-refractivity contribution in [2.45, 2.75) is 64.7 Å². The van der Waals surface area contributed by atoms with Crippen molar-refractivity contribution in [3.63, 3.8) is 0 Å². The lowest BCUT2D eigenvalue weighted by atomic mass is 9.48. The van der Waals surface area contributed by atoms with Gasteiger partial charge in [-0.15, -0.1) is 0 Å². The van der Waals surface area contributed by atoms with E-state index in [0.29, 0.717) is 5.41 Å². The average molecular weight is 484 g/mol. The molecule has 2 nitrogen and oxygen atoms in total. The van der Waals surface area contributed by atoms with Crippen molar-refractivity contribution in [1.82, 2.24) is 4.40 Å². The molecule has 4 aliphatic carbocycles. The standard InChI is InChI=1S/C35H35N2/c1-19-5-6-27-28-10-20(2)21(3)31-33(28)37(29(27)9-19)30-15-26(14-25-7-8-36(4)34(31)32(25)30)35-16-22-11-23(17-35)13-24(12-22)18-35/h5-10,14-15,22-24H,11-13,16-18H2,1-4H3/q+1. The van der Waals surface area contributed by atoms with Crippen LogP contribution < -0.4 is 4.57 Å². The summed E-state index contributed by atoms with van der Waals surface area (Å²) in [5.41, 5.74) is 11.7. The van der Waals surface area contributed by atoms with Gasteiger partial charge in [0.05, 0.1) is 27.3 Å². The highest BCUT2D eigenvalue weighted by Crippen LogP contribution is 2.61. The molecule has 3 heterocycles. The number of hydrogen-bond acceptors (Lipinski definition) is 0. The Morgan fingerprint density at radius 2 is 1.51 bits per heavy atom. The van der Waals surface area contributed by atoms with Gasteiger partial charge in [-0.05, 0) is 134 Å². The molecule has 3 aromatic heterocycles. The Balaban J connectivity index is 1.51. The molecule has 0 saturated heterocycles. The Morgan fingerprint density at radius 3 is 2.24 bits per heavy atom. The predicted molar refractivity (Wildman–Crippen MR) is 154 cm³/mol. The maximum atomic E-state index is 2.65. The molecule has 37 heavy (non-hydrogen) atoms. The molecular weight excluding hydrogens is 448 g/mol. The fourth-order valence-electron chi connectivity index (χ4n) is 9.78. The second-order valence-electron chi connectivity index (χ2n) is 13.4. The maximum Gasteiger partial charge on any atom is 0.224 e. The summed E-state index contributed by atoms with van der Waals surface area (Å²) in [7, 11) is 2.24. The summed E-state index contributed by atoms with van der Waals surface area (Å²) in [4.78, 5) is 0. The first-order valence-electron chi connectivity index (χ1n) is 14.4. The molecule has 0 N–H and O–H groups in total. The minimum absolute atomic E-state index is 0.388. The van der Waals surface area contributed by atoms with Gasteiger partial charge in [-0.25, -0.2) is 4.57 Å². The van der Waals surface area contributed by atoms with Gasteiger partial charge >= 0.3 is 0 Å². The molecule has 184 valence electrons. The number of benzene rings is 3. The van der Waals surface area contributed by atoms with Crippen molar-refractivity contribution >= 4 is 49.0 Å². The minimum atomic E-state index is 0.388. The van der Waals surface area contributed by atoms with Crippen molar-refractivity contribution < 1.29 is 4.57 Å². The lowest BCUT2D eigenvalue weighted by molar-refractivity contribution is -0.643. The molecule has 6 aromatic rings. The van der Waals surface area contributed by atoms with Crippen LogP contribution in [-0.4, -0.2) is 4.40 Å². The van der Waals surface area contributed by atoms with Gasteiger partial charge in [0.25, 0.3) is 0 Å². The van der Waals surface area contributed by atoms with E-state index < -0.39 is 0 Å². The first kappa shape index (κ1) is 20.9. The van der Waals surface area contributed by atoms with Gasteiger partial charge in [0.2, 0.25) is 5.52 Å². The Morgan fingerprint density at radius 1 is 0.784 bits per heavy atom. The van der Waals surface area contributed by atoms with E-state index in [1.54, 1.807) is 5.56 Å². The summed E-state index contributed by atoms with van der Waals surface area (Å²) in [5.74, 6) is 2.86. The van der Waals surface area contributed by atoms with Crippen LogP contribution in [0, 0.1) is 38.5 Å². The molecule has 0 radical (unpaired) electrons. The van der Waals surface area contributed by atoms with Crippen molar-refractivity contribution in [1.29, 1.82) is 0 Å². The summed E-state index contributed by atoms with van der Waals surface area (Å²) in [5, 5.41) is 7.06. The van der Waals surface area contributed by atoms with Crippen molar-refractivity contribution in [3.05, 3.63) is 70.9 Å². The fourth-order valence-corrected chi connectivity index (χ4v) is 9.78. The van der Waals surface area contributed by atoms with E-state index in [1.165, 1.54) is 104 Å². The van der Waals surface area contributed by atoms with Crippen LogP contribution in [-0.2, 0) is 12.5 Å². The number of pyridine rings is 2. The van der Waals surface area contributed by atoms with Crippen LogP contribution in [0.5, 0.6) is 0 Å². The van der Waals surface area contributed by atoms with Gasteiger partial charge in [0, 0.05) is 16.8 Å². The molecule has 4 fully saturated rings. The third-order valence-electron chi connectivity index (χ3n) is 11.1. The zero-order valence-electron chi connectivity index (χ0n) is 22.5. The second-order valence-corrected chi connectivity index (χ2v) is 13.4. The molecule has 2 heteroatoms. The smallest absolute Gasteiger partial charge is 0.224 e. The quantitative estimate of drug-likeness (QED) is 0.127. The molecule has 10 rings (SSSR count). The number of fused-ring (bicyclic) bond motifs is 5. The third-order valence-corrected chi connectivity index (χ3v) is 11.1. The van der Waals surface area contributed by atoms with Crippen molar-refractivity contribution in [3.8, 4) is 0 Å². The first-order valence-corrected chi connectivity index (χ1v) is 14.4. The van der Waals surface area contributed by atoms with Crippen LogP contribution >= 0.6 is 0 Å². The van der Waals surface area contributed by atoms with Gasteiger partial charge in [-0.2, -0.15) is 0 Å². The van der Waals surface area contributed by atoms with Crippen LogP contribution in [0.4, 0.5) is 0 Å².